The van der Waals surface area contributed by atoms with E-state index in [0.29, 0.717) is 12.0 Å². The Morgan fingerprint density at radius 3 is 3.06 bits per heavy atom. The van der Waals surface area contributed by atoms with Crippen molar-refractivity contribution in [2.75, 3.05) is 11.5 Å². The van der Waals surface area contributed by atoms with Gasteiger partial charge in [-0.1, -0.05) is 35.1 Å². The second kappa shape index (κ2) is 5.38. The van der Waals surface area contributed by atoms with Crippen molar-refractivity contribution in [2.45, 2.75) is 31.7 Å². The first-order valence-electron chi connectivity index (χ1n) is 5.87. The Hall–Kier alpha value is -0.260. The number of rotatable bonds is 1. The van der Waals surface area contributed by atoms with Gasteiger partial charge in [0.25, 0.3) is 0 Å². The summed E-state index contributed by atoms with van der Waals surface area (Å²) in [6.07, 6.45) is 8.59. The van der Waals surface area contributed by atoms with Crippen molar-refractivity contribution in [2.24, 2.45) is 11.8 Å². The molecule has 2 rings (SSSR count). The van der Waals surface area contributed by atoms with Crippen molar-refractivity contribution in [3.05, 3.63) is 12.3 Å². The fourth-order valence-corrected chi connectivity index (χ4v) is 4.06. The number of halogens is 1. The highest BCUT2D eigenvalue weighted by Crippen LogP contribution is 2.39. The minimum absolute atomic E-state index is 0.208. The third-order valence-corrected chi connectivity index (χ3v) is 4.92. The SMILES string of the molecule is COC(=O)N1C=CC[C@@H]2[C@H](CI)CCC[C@@H]21. The monoisotopic (exact) mass is 335 g/mol. The smallest absolute Gasteiger partial charge is 0.413 e. The Morgan fingerprint density at radius 1 is 1.56 bits per heavy atom. The average molecular weight is 335 g/mol. The number of fused-ring (bicyclic) bond motifs is 1. The van der Waals surface area contributed by atoms with E-state index in [-0.39, 0.29) is 6.09 Å². The van der Waals surface area contributed by atoms with Gasteiger partial charge >= 0.3 is 6.09 Å². The summed E-state index contributed by atoms with van der Waals surface area (Å²) < 4.78 is 6.04. The minimum Gasteiger partial charge on any atom is -0.452 e. The summed E-state index contributed by atoms with van der Waals surface area (Å²) in [5.74, 6) is 1.39. The summed E-state index contributed by atoms with van der Waals surface area (Å²) in [5, 5.41) is 0. The zero-order valence-corrected chi connectivity index (χ0v) is 11.7. The summed E-state index contributed by atoms with van der Waals surface area (Å²) in [6, 6.07) is 0.367. The topological polar surface area (TPSA) is 29.5 Å². The van der Waals surface area contributed by atoms with Gasteiger partial charge in [0.05, 0.1) is 7.11 Å². The number of alkyl halides is 1. The molecule has 1 saturated carbocycles. The molecule has 16 heavy (non-hydrogen) atoms. The number of amides is 1. The molecule has 0 spiro atoms. The predicted molar refractivity (Wildman–Crippen MR) is 71.5 cm³/mol. The van der Waals surface area contributed by atoms with Gasteiger partial charge in [-0.25, -0.2) is 4.79 Å². The molecule has 1 aliphatic heterocycles. The van der Waals surface area contributed by atoms with E-state index in [1.807, 2.05) is 6.20 Å². The van der Waals surface area contributed by atoms with Crippen LogP contribution in [0.25, 0.3) is 0 Å². The lowest BCUT2D eigenvalue weighted by molar-refractivity contribution is 0.0755. The zero-order valence-electron chi connectivity index (χ0n) is 9.56. The van der Waals surface area contributed by atoms with Crippen LogP contribution in [-0.4, -0.2) is 28.6 Å². The van der Waals surface area contributed by atoms with Crippen LogP contribution in [0.5, 0.6) is 0 Å². The fraction of sp³-hybridized carbons (Fsp3) is 0.750. The summed E-state index contributed by atoms with van der Waals surface area (Å²) >= 11 is 2.47. The fourth-order valence-electron chi connectivity index (χ4n) is 2.96. The second-order valence-electron chi connectivity index (χ2n) is 4.57. The van der Waals surface area contributed by atoms with Crippen LogP contribution in [0.15, 0.2) is 12.3 Å². The van der Waals surface area contributed by atoms with E-state index in [9.17, 15) is 4.79 Å². The number of methoxy groups -OCH3 is 1. The molecule has 3 atom stereocenters. The highest BCUT2D eigenvalue weighted by atomic mass is 127. The predicted octanol–water partition coefficient (Wildman–Crippen LogP) is 3.19. The van der Waals surface area contributed by atoms with E-state index in [1.165, 1.54) is 24.4 Å². The van der Waals surface area contributed by atoms with E-state index >= 15 is 0 Å². The quantitative estimate of drug-likeness (QED) is 0.544. The standard InChI is InChI=1S/C12H18INO2/c1-16-12(15)14-7-3-5-10-9(8-13)4-2-6-11(10)14/h3,7,9-11H,2,4-6,8H2,1H3/t9-,10+,11-/m0/s1. The number of carbonyl (C=O) groups is 1. The molecule has 0 bridgehead atoms. The zero-order chi connectivity index (χ0) is 11.5. The number of carbonyl (C=O) groups excluding carboxylic acids is 1. The van der Waals surface area contributed by atoms with Crippen molar-refractivity contribution >= 4 is 28.7 Å². The van der Waals surface area contributed by atoms with Crippen LogP contribution in [0.2, 0.25) is 0 Å². The van der Waals surface area contributed by atoms with Crippen LogP contribution in [0.4, 0.5) is 4.79 Å². The van der Waals surface area contributed by atoms with Crippen LogP contribution >= 0.6 is 22.6 Å². The minimum atomic E-state index is -0.208. The molecule has 3 nitrogen and oxygen atoms in total. The van der Waals surface area contributed by atoms with E-state index in [4.69, 9.17) is 4.74 Å². The first kappa shape index (κ1) is 12.2. The van der Waals surface area contributed by atoms with Crippen LogP contribution in [0.3, 0.4) is 0 Å². The number of hydrogen-bond acceptors (Lipinski definition) is 2. The van der Waals surface area contributed by atoms with Crippen molar-refractivity contribution in [1.82, 2.24) is 4.90 Å². The van der Waals surface area contributed by atoms with Gasteiger partial charge in [-0.3, -0.25) is 4.90 Å². The van der Waals surface area contributed by atoms with Gasteiger partial charge in [0.15, 0.2) is 0 Å². The largest absolute Gasteiger partial charge is 0.452 e. The lowest BCUT2D eigenvalue weighted by atomic mass is 9.73. The maximum atomic E-state index is 11.7. The molecule has 0 aromatic rings. The molecule has 4 heteroatoms. The third-order valence-electron chi connectivity index (χ3n) is 3.79. The van der Waals surface area contributed by atoms with Crippen LogP contribution in [0, 0.1) is 11.8 Å². The second-order valence-corrected chi connectivity index (χ2v) is 5.46. The Morgan fingerprint density at radius 2 is 2.38 bits per heavy atom. The van der Waals surface area contributed by atoms with Crippen LogP contribution in [-0.2, 0) is 4.74 Å². The Labute approximate surface area is 110 Å². The molecule has 0 aromatic carbocycles. The molecule has 2 aliphatic rings. The average Bonchev–Trinajstić information content (AvgIpc) is 2.36. The van der Waals surface area contributed by atoms with Gasteiger partial charge in [-0.05, 0) is 31.1 Å². The van der Waals surface area contributed by atoms with Crippen LogP contribution in [0.1, 0.15) is 25.7 Å². The lowest BCUT2D eigenvalue weighted by Gasteiger charge is -2.43. The molecule has 0 aromatic heterocycles. The molecule has 1 aliphatic carbocycles. The maximum Gasteiger partial charge on any atom is 0.413 e. The van der Waals surface area contributed by atoms with Gasteiger partial charge in [-0.2, -0.15) is 0 Å². The molecule has 1 amide bonds. The first-order valence-corrected chi connectivity index (χ1v) is 7.39. The van der Waals surface area contributed by atoms with Gasteiger partial charge < -0.3 is 4.74 Å². The summed E-state index contributed by atoms with van der Waals surface area (Å²) in [7, 11) is 1.46. The Bertz CT molecular complexity index is 293. The number of hydrogen-bond donors (Lipinski definition) is 0. The van der Waals surface area contributed by atoms with Gasteiger partial charge in [0.2, 0.25) is 0 Å². The Balaban J connectivity index is 2.15. The molecular formula is C12H18INO2. The van der Waals surface area contributed by atoms with Gasteiger partial charge in [0.1, 0.15) is 0 Å². The normalized spacial score (nSPS) is 33.4. The Kier molecular flexibility index (Phi) is 4.10. The van der Waals surface area contributed by atoms with Gasteiger partial charge in [0, 0.05) is 16.7 Å². The number of ether oxygens (including phenoxy) is 1. The maximum absolute atomic E-state index is 11.7. The molecule has 0 saturated heterocycles. The highest BCUT2D eigenvalue weighted by molar-refractivity contribution is 14.1. The highest BCUT2D eigenvalue weighted by Gasteiger charge is 2.38. The number of allylic oxidation sites excluding steroid dienone is 1. The number of nitrogens with zero attached hydrogens (tertiary/aromatic N) is 1. The van der Waals surface area contributed by atoms with Crippen molar-refractivity contribution < 1.29 is 9.53 Å². The molecule has 1 fully saturated rings. The summed E-state index contributed by atoms with van der Waals surface area (Å²) in [4.78, 5) is 13.5. The molecule has 0 unspecified atom stereocenters. The first-order chi connectivity index (χ1) is 7.77. The van der Waals surface area contributed by atoms with Crippen molar-refractivity contribution in [1.29, 1.82) is 0 Å². The van der Waals surface area contributed by atoms with Crippen molar-refractivity contribution in [3.8, 4) is 0 Å². The molecule has 1 heterocycles. The third kappa shape index (κ3) is 2.21. The lowest BCUT2D eigenvalue weighted by Crippen LogP contribution is -2.48. The molecule has 0 N–H and O–H groups in total. The molecule has 90 valence electrons. The summed E-state index contributed by atoms with van der Waals surface area (Å²) in [5.41, 5.74) is 0. The summed E-state index contributed by atoms with van der Waals surface area (Å²) in [6.45, 7) is 0. The van der Waals surface area contributed by atoms with Crippen molar-refractivity contribution in [3.63, 3.8) is 0 Å². The van der Waals surface area contributed by atoms with E-state index in [1.54, 1.807) is 4.90 Å². The van der Waals surface area contributed by atoms with Gasteiger partial charge in [-0.15, -0.1) is 0 Å². The van der Waals surface area contributed by atoms with E-state index < -0.39 is 0 Å². The van der Waals surface area contributed by atoms with E-state index in [0.717, 1.165) is 18.8 Å². The van der Waals surface area contributed by atoms with Crippen LogP contribution < -0.4 is 0 Å². The molecule has 0 radical (unpaired) electrons. The van der Waals surface area contributed by atoms with E-state index in [2.05, 4.69) is 28.7 Å². The molecular weight excluding hydrogens is 317 g/mol.